The third-order valence-corrected chi connectivity index (χ3v) is 6.01. The van der Waals surface area contributed by atoms with Gasteiger partial charge in [-0.05, 0) is 45.6 Å². The van der Waals surface area contributed by atoms with Crippen molar-refractivity contribution in [3.8, 4) is 5.75 Å². The second-order valence-corrected chi connectivity index (χ2v) is 10.9. The van der Waals surface area contributed by atoms with Crippen molar-refractivity contribution in [2.24, 2.45) is 5.92 Å². The Bertz CT molecular complexity index is 850. The van der Waals surface area contributed by atoms with Crippen molar-refractivity contribution in [1.82, 2.24) is 15.5 Å². The molecule has 0 heterocycles. The van der Waals surface area contributed by atoms with Gasteiger partial charge in [-0.1, -0.05) is 78.0 Å². The number of alkyl carbamates (subject to hydrolysis) is 1. The lowest BCUT2D eigenvalue weighted by Gasteiger charge is -2.36. The van der Waals surface area contributed by atoms with Crippen LogP contribution in [0.25, 0.3) is 0 Å². The van der Waals surface area contributed by atoms with Crippen LogP contribution >= 0.6 is 0 Å². The smallest absolute Gasteiger partial charge is 0.408 e. The highest BCUT2D eigenvalue weighted by atomic mass is 16.6. The van der Waals surface area contributed by atoms with E-state index in [-0.39, 0.29) is 23.5 Å². The van der Waals surface area contributed by atoms with Crippen LogP contribution in [0.5, 0.6) is 5.75 Å². The molecule has 1 aromatic carbocycles. The molecule has 37 heavy (non-hydrogen) atoms. The van der Waals surface area contributed by atoms with Gasteiger partial charge < -0.3 is 25.4 Å². The summed E-state index contributed by atoms with van der Waals surface area (Å²) in [7, 11) is 0. The number of benzene rings is 1. The fourth-order valence-corrected chi connectivity index (χ4v) is 4.03. The number of nitrogens with zero attached hydrogens (tertiary/aromatic N) is 1. The third kappa shape index (κ3) is 11.4. The highest BCUT2D eigenvalue weighted by Crippen LogP contribution is 2.30. The van der Waals surface area contributed by atoms with E-state index in [9.17, 15) is 19.5 Å². The van der Waals surface area contributed by atoms with Gasteiger partial charge in [0, 0.05) is 18.7 Å². The summed E-state index contributed by atoms with van der Waals surface area (Å²) in [6.07, 6.45) is 5.88. The maximum absolute atomic E-state index is 14.1. The molecule has 0 aromatic heterocycles. The first-order chi connectivity index (χ1) is 17.4. The van der Waals surface area contributed by atoms with Gasteiger partial charge in [0.25, 0.3) is 0 Å². The van der Waals surface area contributed by atoms with Crippen molar-refractivity contribution in [2.75, 3.05) is 13.1 Å². The van der Waals surface area contributed by atoms with Crippen LogP contribution in [0.1, 0.15) is 105 Å². The molecular weight excluding hydrogens is 470 g/mol. The molecule has 0 aliphatic rings. The van der Waals surface area contributed by atoms with E-state index in [1.807, 2.05) is 20.8 Å². The largest absolute Gasteiger partial charge is 0.508 e. The molecule has 0 saturated carbocycles. The highest BCUT2D eigenvalue weighted by molar-refractivity contribution is 5.92. The zero-order valence-corrected chi connectivity index (χ0v) is 23.9. The molecular formula is C29H49N3O5. The molecule has 3 amide bonds. The molecule has 2 unspecified atom stereocenters. The van der Waals surface area contributed by atoms with Gasteiger partial charge in [-0.15, -0.1) is 0 Å². The van der Waals surface area contributed by atoms with E-state index in [2.05, 4.69) is 17.6 Å². The van der Waals surface area contributed by atoms with Crippen molar-refractivity contribution in [3.05, 3.63) is 29.8 Å². The minimum absolute atomic E-state index is 0.0527. The topological polar surface area (TPSA) is 108 Å². The van der Waals surface area contributed by atoms with Crippen LogP contribution in [-0.2, 0) is 14.3 Å². The van der Waals surface area contributed by atoms with E-state index >= 15 is 0 Å². The zero-order valence-electron chi connectivity index (χ0n) is 23.9. The normalized spacial score (nSPS) is 13.1. The Kier molecular flexibility index (Phi) is 14.1. The monoisotopic (exact) mass is 519 g/mol. The Labute approximate surface area is 223 Å². The minimum atomic E-state index is -1.03. The molecule has 1 aromatic rings. The molecule has 0 radical (unpaired) electrons. The van der Waals surface area contributed by atoms with Crippen LogP contribution in [0.2, 0.25) is 0 Å². The number of carbonyl (C=O) groups excluding carboxylic acids is 3. The number of rotatable bonds is 15. The summed E-state index contributed by atoms with van der Waals surface area (Å²) < 4.78 is 5.41. The lowest BCUT2D eigenvalue weighted by atomic mass is 9.97. The summed E-state index contributed by atoms with van der Waals surface area (Å²) in [5.74, 6) is -1.04. The standard InChI is InChI=1S/C29H49N3O5/c1-8-10-12-13-16-20-32(27(35)24(21(3)4)31-28(36)37-29(5,6)7)25(26(34)30-19-11-9-2)22-17-14-15-18-23(22)33/h14-15,17-18,21,24-25,33H,8-13,16,19-20H2,1-7H3,(H,30,34)(H,31,36). The first kappa shape index (κ1) is 32.3. The predicted molar refractivity (Wildman–Crippen MR) is 147 cm³/mol. The molecule has 0 bridgehead atoms. The maximum atomic E-state index is 14.1. The summed E-state index contributed by atoms with van der Waals surface area (Å²) in [5.41, 5.74) is -0.358. The zero-order chi connectivity index (χ0) is 28.0. The molecule has 0 aliphatic carbocycles. The van der Waals surface area contributed by atoms with Gasteiger partial charge in [0.05, 0.1) is 0 Å². The fourth-order valence-electron chi connectivity index (χ4n) is 4.03. The summed E-state index contributed by atoms with van der Waals surface area (Å²) in [5, 5.41) is 16.4. The molecule has 8 nitrogen and oxygen atoms in total. The number of nitrogens with one attached hydrogen (secondary N) is 2. The quantitative estimate of drug-likeness (QED) is 0.258. The number of hydrogen-bond donors (Lipinski definition) is 3. The first-order valence-electron chi connectivity index (χ1n) is 13.8. The lowest BCUT2D eigenvalue weighted by molar-refractivity contribution is -0.143. The number of ether oxygens (including phenoxy) is 1. The second kappa shape index (κ2) is 16.2. The molecule has 0 fully saturated rings. The van der Waals surface area contributed by atoms with Crippen LogP contribution in [0.4, 0.5) is 4.79 Å². The van der Waals surface area contributed by atoms with Gasteiger partial charge in [0.15, 0.2) is 0 Å². The van der Waals surface area contributed by atoms with Crippen LogP contribution in [0, 0.1) is 5.92 Å². The van der Waals surface area contributed by atoms with Crippen LogP contribution in [0.15, 0.2) is 24.3 Å². The molecule has 0 spiro atoms. The highest BCUT2D eigenvalue weighted by Gasteiger charge is 2.38. The number of aromatic hydroxyl groups is 1. The number of carbonyl (C=O) groups is 3. The van der Waals surface area contributed by atoms with Gasteiger partial charge in [-0.25, -0.2) is 4.79 Å². The van der Waals surface area contributed by atoms with Crippen molar-refractivity contribution < 1.29 is 24.2 Å². The number of unbranched alkanes of at least 4 members (excludes halogenated alkanes) is 5. The Morgan fingerprint density at radius 2 is 1.59 bits per heavy atom. The van der Waals surface area contributed by atoms with Crippen LogP contribution < -0.4 is 10.6 Å². The third-order valence-electron chi connectivity index (χ3n) is 6.01. The number of para-hydroxylation sites is 1. The molecule has 0 saturated heterocycles. The Balaban J connectivity index is 3.41. The van der Waals surface area contributed by atoms with Gasteiger partial charge >= 0.3 is 6.09 Å². The summed E-state index contributed by atoms with van der Waals surface area (Å²) in [6, 6.07) is 4.68. The average Bonchev–Trinajstić information content (AvgIpc) is 2.81. The molecule has 3 N–H and O–H groups in total. The van der Waals surface area contributed by atoms with Crippen LogP contribution in [-0.4, -0.2) is 52.6 Å². The van der Waals surface area contributed by atoms with E-state index in [1.54, 1.807) is 39.0 Å². The average molecular weight is 520 g/mol. The van der Waals surface area contributed by atoms with Crippen molar-refractivity contribution in [3.63, 3.8) is 0 Å². The van der Waals surface area contributed by atoms with Crippen molar-refractivity contribution in [1.29, 1.82) is 0 Å². The van der Waals surface area contributed by atoms with Crippen molar-refractivity contribution in [2.45, 2.75) is 111 Å². The number of hydrogen-bond acceptors (Lipinski definition) is 5. The molecule has 0 aliphatic heterocycles. The second-order valence-electron chi connectivity index (χ2n) is 10.9. The maximum Gasteiger partial charge on any atom is 0.408 e. The van der Waals surface area contributed by atoms with Gasteiger partial charge in [0.2, 0.25) is 11.8 Å². The SMILES string of the molecule is CCCCCCCN(C(=O)C(NC(=O)OC(C)(C)C)C(C)C)C(C(=O)NCCCC)c1ccccc1O. The van der Waals surface area contributed by atoms with Gasteiger partial charge in [-0.2, -0.15) is 0 Å². The van der Waals surface area contributed by atoms with E-state index in [1.165, 1.54) is 11.0 Å². The molecule has 2 atom stereocenters. The summed E-state index contributed by atoms with van der Waals surface area (Å²) in [4.78, 5) is 41.7. The van der Waals surface area contributed by atoms with E-state index in [4.69, 9.17) is 4.74 Å². The minimum Gasteiger partial charge on any atom is -0.508 e. The Morgan fingerprint density at radius 3 is 2.16 bits per heavy atom. The summed E-state index contributed by atoms with van der Waals surface area (Å²) >= 11 is 0. The van der Waals surface area contributed by atoms with E-state index in [0.29, 0.717) is 25.1 Å². The molecule has 210 valence electrons. The lowest BCUT2D eigenvalue weighted by Crippen LogP contribution is -2.55. The number of phenols is 1. The predicted octanol–water partition coefficient (Wildman–Crippen LogP) is 5.70. The Hall–Kier alpha value is -2.77. The van der Waals surface area contributed by atoms with E-state index < -0.39 is 23.8 Å². The van der Waals surface area contributed by atoms with Crippen LogP contribution in [0.3, 0.4) is 0 Å². The molecule has 8 heteroatoms. The van der Waals surface area contributed by atoms with E-state index in [0.717, 1.165) is 38.5 Å². The van der Waals surface area contributed by atoms with Gasteiger partial charge in [-0.3, -0.25) is 9.59 Å². The van der Waals surface area contributed by atoms with Crippen molar-refractivity contribution >= 4 is 17.9 Å². The Morgan fingerprint density at radius 1 is 0.973 bits per heavy atom. The van der Waals surface area contributed by atoms with Gasteiger partial charge in [0.1, 0.15) is 23.4 Å². The summed E-state index contributed by atoms with van der Waals surface area (Å²) in [6.45, 7) is 13.9. The first-order valence-corrected chi connectivity index (χ1v) is 13.8. The fraction of sp³-hybridized carbons (Fsp3) is 0.690. The number of phenolic OH excluding ortho intramolecular Hbond substituents is 1. The molecule has 1 rings (SSSR count). The number of amides is 3.